The Hall–Kier alpha value is -1.24. The maximum atomic E-state index is 9.64. The van der Waals surface area contributed by atoms with Crippen LogP contribution in [0, 0.1) is 29.6 Å². The zero-order chi connectivity index (χ0) is 23.4. The SMILES string of the molecule is CC.CC#C[C@H]1O[C@H](CO)[C@@H](C)[C@H](O)[C@@H]1O.CC#C[C@H]1O[C@H](CO)[C@@H](O)[C@H](O)[C@@H]1O.[HH]. The van der Waals surface area contributed by atoms with Crippen molar-refractivity contribution in [3.8, 4) is 23.7 Å². The Balaban J connectivity index is 0. The van der Waals surface area contributed by atoms with Gasteiger partial charge in [0, 0.05) is 7.34 Å². The fraction of sp³-hybridized carbons (Fsp3) is 0.810. The summed E-state index contributed by atoms with van der Waals surface area (Å²) in [7, 11) is 0. The first-order valence-corrected chi connectivity index (χ1v) is 10.0. The average Bonchev–Trinajstić information content (AvgIpc) is 2.76. The van der Waals surface area contributed by atoms with Crippen LogP contribution in [0.5, 0.6) is 0 Å². The molecule has 2 aliphatic heterocycles. The van der Waals surface area contributed by atoms with E-state index in [9.17, 15) is 25.5 Å². The molecule has 30 heavy (non-hydrogen) atoms. The summed E-state index contributed by atoms with van der Waals surface area (Å²) in [6.07, 6.45) is -8.71. The van der Waals surface area contributed by atoms with Crippen LogP contribution in [0.4, 0.5) is 0 Å². The Morgan fingerprint density at radius 1 is 0.667 bits per heavy atom. The molecule has 7 N–H and O–H groups in total. The van der Waals surface area contributed by atoms with E-state index in [0.717, 1.165) is 0 Å². The molecular formula is C21H38O9. The van der Waals surface area contributed by atoms with Gasteiger partial charge in [-0.2, -0.15) is 0 Å². The summed E-state index contributed by atoms with van der Waals surface area (Å²) in [5.74, 6) is 10.1. The highest BCUT2D eigenvalue weighted by Crippen LogP contribution is 2.25. The van der Waals surface area contributed by atoms with Gasteiger partial charge in [0.1, 0.15) is 42.7 Å². The van der Waals surface area contributed by atoms with Crippen molar-refractivity contribution in [1.82, 2.24) is 0 Å². The van der Waals surface area contributed by atoms with Crippen molar-refractivity contribution < 1.29 is 46.6 Å². The van der Waals surface area contributed by atoms with Gasteiger partial charge in [-0.25, -0.2) is 0 Å². The van der Waals surface area contributed by atoms with Crippen molar-refractivity contribution in [2.45, 2.75) is 89.6 Å². The van der Waals surface area contributed by atoms with Gasteiger partial charge in [-0.15, -0.1) is 11.8 Å². The van der Waals surface area contributed by atoms with Gasteiger partial charge >= 0.3 is 0 Å². The molecule has 0 unspecified atom stereocenters. The lowest BCUT2D eigenvalue weighted by Crippen LogP contribution is -2.58. The summed E-state index contributed by atoms with van der Waals surface area (Å²) in [5.41, 5.74) is 0. The van der Waals surface area contributed by atoms with Crippen molar-refractivity contribution >= 4 is 0 Å². The molecule has 176 valence electrons. The summed E-state index contributed by atoms with van der Waals surface area (Å²) in [4.78, 5) is 0. The molecule has 2 heterocycles. The Kier molecular flexibility index (Phi) is 14.1. The fourth-order valence-electron chi connectivity index (χ4n) is 2.94. The van der Waals surface area contributed by atoms with Crippen molar-refractivity contribution in [3.63, 3.8) is 0 Å². The smallest absolute Gasteiger partial charge is 0.147 e. The van der Waals surface area contributed by atoms with Gasteiger partial charge in [0.25, 0.3) is 0 Å². The monoisotopic (exact) mass is 434 g/mol. The highest BCUT2D eigenvalue weighted by atomic mass is 16.5. The van der Waals surface area contributed by atoms with Crippen molar-refractivity contribution in [1.29, 1.82) is 0 Å². The van der Waals surface area contributed by atoms with E-state index in [-0.39, 0.29) is 14.0 Å². The Morgan fingerprint density at radius 2 is 1.07 bits per heavy atom. The summed E-state index contributed by atoms with van der Waals surface area (Å²) in [5, 5.41) is 65.2. The van der Waals surface area contributed by atoms with E-state index < -0.39 is 61.5 Å². The third-order valence-corrected chi connectivity index (χ3v) is 4.75. The molecule has 0 bridgehead atoms. The van der Waals surface area contributed by atoms with Gasteiger partial charge < -0.3 is 45.2 Å². The molecule has 2 fully saturated rings. The molecular weight excluding hydrogens is 396 g/mol. The molecule has 0 radical (unpaired) electrons. The quantitative estimate of drug-likeness (QED) is 0.250. The van der Waals surface area contributed by atoms with Crippen LogP contribution in [0.1, 0.15) is 36.0 Å². The predicted octanol–water partition coefficient (Wildman–Crippen LogP) is -1.75. The second-order valence-electron chi connectivity index (χ2n) is 6.66. The number of ether oxygens (including phenoxy) is 2. The molecule has 0 amide bonds. The zero-order valence-electron chi connectivity index (χ0n) is 18.1. The van der Waals surface area contributed by atoms with E-state index in [1.807, 2.05) is 13.8 Å². The van der Waals surface area contributed by atoms with Gasteiger partial charge in [-0.3, -0.25) is 0 Å². The molecule has 0 aromatic heterocycles. The number of aliphatic hydroxyl groups excluding tert-OH is 7. The maximum absolute atomic E-state index is 9.64. The minimum absolute atomic E-state index is 0. The van der Waals surface area contributed by atoms with E-state index in [1.54, 1.807) is 20.8 Å². The molecule has 0 saturated carbocycles. The van der Waals surface area contributed by atoms with Gasteiger partial charge in [0.15, 0.2) is 0 Å². The van der Waals surface area contributed by atoms with Gasteiger partial charge in [0.2, 0.25) is 0 Å². The molecule has 0 aromatic carbocycles. The Bertz CT molecular complexity index is 541. The summed E-state index contributed by atoms with van der Waals surface area (Å²) < 4.78 is 10.4. The van der Waals surface area contributed by atoms with Crippen LogP contribution in [-0.4, -0.2) is 104 Å². The van der Waals surface area contributed by atoms with E-state index >= 15 is 0 Å². The lowest BCUT2D eigenvalue weighted by Gasteiger charge is -2.39. The second kappa shape index (κ2) is 14.7. The van der Waals surface area contributed by atoms with Crippen LogP contribution in [0.15, 0.2) is 0 Å². The highest BCUT2D eigenvalue weighted by molar-refractivity contribution is 5.10. The molecule has 10 atom stereocenters. The number of aliphatic hydroxyl groups is 7. The molecule has 9 nitrogen and oxygen atoms in total. The molecule has 2 saturated heterocycles. The van der Waals surface area contributed by atoms with Gasteiger partial charge in [-0.05, 0) is 13.8 Å². The molecule has 0 aromatic rings. The highest BCUT2D eigenvalue weighted by Gasteiger charge is 2.43. The van der Waals surface area contributed by atoms with Crippen molar-refractivity contribution in [3.05, 3.63) is 0 Å². The van der Waals surface area contributed by atoms with Crippen LogP contribution in [0.3, 0.4) is 0 Å². The first-order valence-electron chi connectivity index (χ1n) is 10.0. The Labute approximate surface area is 179 Å². The van der Waals surface area contributed by atoms with Crippen LogP contribution in [0.25, 0.3) is 0 Å². The summed E-state index contributed by atoms with van der Waals surface area (Å²) in [6.45, 7) is 8.33. The first-order chi connectivity index (χ1) is 14.2. The van der Waals surface area contributed by atoms with Gasteiger partial charge in [-0.1, -0.05) is 32.6 Å². The van der Waals surface area contributed by atoms with Crippen LogP contribution >= 0.6 is 0 Å². The van der Waals surface area contributed by atoms with Crippen LogP contribution in [-0.2, 0) is 9.47 Å². The first kappa shape index (κ1) is 28.8. The van der Waals surface area contributed by atoms with E-state index in [2.05, 4.69) is 23.7 Å². The van der Waals surface area contributed by atoms with Gasteiger partial charge in [0.05, 0.1) is 25.4 Å². The average molecular weight is 435 g/mol. The van der Waals surface area contributed by atoms with E-state index in [4.69, 9.17) is 19.7 Å². The molecule has 2 aliphatic rings. The lowest BCUT2D eigenvalue weighted by molar-refractivity contribution is -0.214. The number of hydrogen-bond donors (Lipinski definition) is 7. The molecule has 9 heteroatoms. The molecule has 0 aliphatic carbocycles. The topological polar surface area (TPSA) is 160 Å². The van der Waals surface area contributed by atoms with E-state index in [1.165, 1.54) is 0 Å². The number of rotatable bonds is 2. The maximum Gasteiger partial charge on any atom is 0.147 e. The Morgan fingerprint density at radius 3 is 1.47 bits per heavy atom. The second-order valence-corrected chi connectivity index (χ2v) is 6.66. The normalized spacial score (nSPS) is 40.1. The standard InChI is InChI=1S/C10H16O4.C9H14O5.C2H6.H2/c1-3-4-7-10(13)9(12)6(2)8(5-11)14-7;1-2-3-5-7(11)9(13)8(12)6(4-10)14-5;1-2;/h6-13H,5H2,1-2H3;5-13H,4H2,1H3;1-2H3;1H/t6-,7-,8-,9+,10-;5-,6-,7-,8-,9-;;/m11../s1. The molecule has 0 spiro atoms. The minimum Gasteiger partial charge on any atom is -0.394 e. The number of hydrogen-bond acceptors (Lipinski definition) is 9. The van der Waals surface area contributed by atoms with Crippen molar-refractivity contribution in [2.75, 3.05) is 13.2 Å². The summed E-state index contributed by atoms with van der Waals surface area (Å²) in [6, 6.07) is 0. The van der Waals surface area contributed by atoms with E-state index in [0.29, 0.717) is 0 Å². The van der Waals surface area contributed by atoms with Crippen LogP contribution in [0.2, 0.25) is 0 Å². The zero-order valence-corrected chi connectivity index (χ0v) is 18.1. The third-order valence-electron chi connectivity index (χ3n) is 4.75. The van der Waals surface area contributed by atoms with Crippen molar-refractivity contribution in [2.24, 2.45) is 5.92 Å². The predicted molar refractivity (Wildman–Crippen MR) is 111 cm³/mol. The van der Waals surface area contributed by atoms with Crippen LogP contribution < -0.4 is 0 Å². The minimum atomic E-state index is -1.34. The lowest BCUT2D eigenvalue weighted by atomic mass is 9.88. The largest absolute Gasteiger partial charge is 0.394 e. The third kappa shape index (κ3) is 7.47. The fourth-order valence-corrected chi connectivity index (χ4v) is 2.94. The summed E-state index contributed by atoms with van der Waals surface area (Å²) >= 11 is 0. The molecule has 2 rings (SSSR count).